The van der Waals surface area contributed by atoms with Crippen LogP contribution in [0.25, 0.3) is 22.6 Å². The molecule has 5 heteroatoms. The van der Waals surface area contributed by atoms with E-state index < -0.39 is 0 Å². The summed E-state index contributed by atoms with van der Waals surface area (Å²) in [5, 5.41) is 0.585. The van der Waals surface area contributed by atoms with E-state index in [1.807, 2.05) is 36.4 Å². The highest BCUT2D eigenvalue weighted by atomic mass is 35.5. The van der Waals surface area contributed by atoms with Crippen molar-refractivity contribution in [2.45, 2.75) is 13.0 Å². The largest absolute Gasteiger partial charge is 0.328 e. The minimum absolute atomic E-state index is 0.115. The second-order valence-electron chi connectivity index (χ2n) is 4.75. The second kappa shape index (κ2) is 5.23. The highest BCUT2D eigenvalue weighted by Gasteiger charge is 2.17. The van der Waals surface area contributed by atoms with Crippen LogP contribution in [0.2, 0.25) is 5.02 Å². The van der Waals surface area contributed by atoms with E-state index in [4.69, 9.17) is 17.3 Å². The fraction of sp³-hybridized carbons (Fsp3) is 0.200. The first-order valence-electron chi connectivity index (χ1n) is 6.49. The zero-order valence-corrected chi connectivity index (χ0v) is 11.9. The average molecular weight is 287 g/mol. The van der Waals surface area contributed by atoms with E-state index in [9.17, 15) is 0 Å². The first kappa shape index (κ1) is 13.1. The quantitative estimate of drug-likeness (QED) is 0.804. The molecular weight excluding hydrogens is 272 g/mol. The molecule has 0 saturated heterocycles. The topological polar surface area (TPSA) is 56.7 Å². The fourth-order valence-electron chi connectivity index (χ4n) is 2.27. The number of hydrogen-bond acceptors (Lipinski definition) is 3. The fourth-order valence-corrected chi connectivity index (χ4v) is 2.42. The number of benzene rings is 1. The Balaban J connectivity index is 2.30. The Labute approximate surface area is 122 Å². The van der Waals surface area contributed by atoms with Crippen molar-refractivity contribution in [3.8, 4) is 11.4 Å². The SMILES string of the molecule is CC(CN)n1c(-c2ccccc2)nc2cc(Cl)cnc21. The Kier molecular flexibility index (Phi) is 3.42. The molecule has 0 fully saturated rings. The van der Waals surface area contributed by atoms with Gasteiger partial charge in [0, 0.05) is 24.3 Å². The number of pyridine rings is 1. The molecule has 20 heavy (non-hydrogen) atoms. The third-order valence-corrected chi connectivity index (χ3v) is 3.52. The maximum atomic E-state index is 6.00. The van der Waals surface area contributed by atoms with Crippen molar-refractivity contribution in [1.82, 2.24) is 14.5 Å². The third-order valence-electron chi connectivity index (χ3n) is 3.31. The molecule has 2 aromatic heterocycles. The van der Waals surface area contributed by atoms with Crippen LogP contribution in [0.1, 0.15) is 13.0 Å². The van der Waals surface area contributed by atoms with Gasteiger partial charge in [-0.1, -0.05) is 41.9 Å². The summed E-state index contributed by atoms with van der Waals surface area (Å²) >= 11 is 6.00. The molecule has 0 aliphatic rings. The van der Waals surface area contributed by atoms with Gasteiger partial charge >= 0.3 is 0 Å². The van der Waals surface area contributed by atoms with Gasteiger partial charge in [0.25, 0.3) is 0 Å². The Morgan fingerprint density at radius 3 is 2.75 bits per heavy atom. The van der Waals surface area contributed by atoms with Crippen LogP contribution in [0.4, 0.5) is 0 Å². The van der Waals surface area contributed by atoms with E-state index >= 15 is 0 Å². The van der Waals surface area contributed by atoms with Crippen molar-refractivity contribution in [2.24, 2.45) is 5.73 Å². The number of imidazole rings is 1. The Bertz CT molecular complexity index is 736. The Morgan fingerprint density at radius 1 is 1.30 bits per heavy atom. The van der Waals surface area contributed by atoms with Crippen molar-refractivity contribution >= 4 is 22.8 Å². The van der Waals surface area contributed by atoms with E-state index in [1.165, 1.54) is 0 Å². The minimum atomic E-state index is 0.115. The van der Waals surface area contributed by atoms with Gasteiger partial charge in [-0.25, -0.2) is 9.97 Å². The Morgan fingerprint density at radius 2 is 2.05 bits per heavy atom. The predicted molar refractivity (Wildman–Crippen MR) is 81.7 cm³/mol. The van der Waals surface area contributed by atoms with E-state index in [1.54, 1.807) is 6.20 Å². The lowest BCUT2D eigenvalue weighted by Gasteiger charge is -2.15. The smallest absolute Gasteiger partial charge is 0.160 e. The van der Waals surface area contributed by atoms with E-state index in [0.717, 1.165) is 22.6 Å². The molecular formula is C15H15ClN4. The molecule has 0 radical (unpaired) electrons. The van der Waals surface area contributed by atoms with Gasteiger partial charge in [0.15, 0.2) is 5.65 Å². The summed E-state index contributed by atoms with van der Waals surface area (Å²) in [5.41, 5.74) is 8.47. The maximum Gasteiger partial charge on any atom is 0.160 e. The highest BCUT2D eigenvalue weighted by Crippen LogP contribution is 2.28. The summed E-state index contributed by atoms with van der Waals surface area (Å²) in [6.45, 7) is 2.58. The number of aromatic nitrogens is 3. The summed E-state index contributed by atoms with van der Waals surface area (Å²) in [6.07, 6.45) is 1.64. The molecule has 4 nitrogen and oxygen atoms in total. The summed E-state index contributed by atoms with van der Waals surface area (Å²) in [6, 6.07) is 12.0. The van der Waals surface area contributed by atoms with Crippen LogP contribution in [0, 0.1) is 0 Å². The average Bonchev–Trinajstić information content (AvgIpc) is 2.85. The van der Waals surface area contributed by atoms with Crippen LogP contribution < -0.4 is 5.73 Å². The number of hydrogen-bond donors (Lipinski definition) is 1. The van der Waals surface area contributed by atoms with Crippen molar-refractivity contribution in [2.75, 3.05) is 6.54 Å². The zero-order chi connectivity index (χ0) is 14.1. The number of halogens is 1. The molecule has 102 valence electrons. The van der Waals surface area contributed by atoms with Gasteiger partial charge in [0.1, 0.15) is 11.3 Å². The first-order chi connectivity index (χ1) is 9.70. The van der Waals surface area contributed by atoms with Crippen LogP contribution in [0.3, 0.4) is 0 Å². The summed E-state index contributed by atoms with van der Waals surface area (Å²) in [4.78, 5) is 9.08. The summed E-state index contributed by atoms with van der Waals surface area (Å²) in [5.74, 6) is 0.869. The summed E-state index contributed by atoms with van der Waals surface area (Å²) < 4.78 is 2.07. The van der Waals surface area contributed by atoms with Crippen LogP contribution in [0.5, 0.6) is 0 Å². The molecule has 0 bridgehead atoms. The monoisotopic (exact) mass is 286 g/mol. The minimum Gasteiger partial charge on any atom is -0.328 e. The number of fused-ring (bicyclic) bond motifs is 1. The van der Waals surface area contributed by atoms with Crippen molar-refractivity contribution < 1.29 is 0 Å². The number of nitrogens with zero attached hydrogens (tertiary/aromatic N) is 3. The third kappa shape index (κ3) is 2.17. The molecule has 2 N–H and O–H groups in total. The van der Waals surface area contributed by atoms with Crippen molar-refractivity contribution in [3.63, 3.8) is 0 Å². The van der Waals surface area contributed by atoms with Crippen molar-refractivity contribution in [1.29, 1.82) is 0 Å². The van der Waals surface area contributed by atoms with E-state index in [2.05, 4.69) is 21.5 Å². The van der Waals surface area contributed by atoms with E-state index in [-0.39, 0.29) is 6.04 Å². The van der Waals surface area contributed by atoms with Gasteiger partial charge in [0.2, 0.25) is 0 Å². The van der Waals surface area contributed by atoms with Crippen LogP contribution in [-0.4, -0.2) is 21.1 Å². The molecule has 2 heterocycles. The van der Waals surface area contributed by atoms with Crippen LogP contribution in [-0.2, 0) is 0 Å². The molecule has 0 saturated carbocycles. The standard InChI is InChI=1S/C15H15ClN4/c1-10(8-17)20-14(11-5-3-2-4-6-11)19-13-7-12(16)9-18-15(13)20/h2-7,9-10H,8,17H2,1H3. The second-order valence-corrected chi connectivity index (χ2v) is 5.19. The van der Waals surface area contributed by atoms with Gasteiger partial charge in [-0.15, -0.1) is 0 Å². The highest BCUT2D eigenvalue weighted by molar-refractivity contribution is 6.31. The van der Waals surface area contributed by atoms with Gasteiger partial charge in [0.05, 0.1) is 5.02 Å². The molecule has 1 aromatic carbocycles. The normalized spacial score (nSPS) is 12.8. The molecule has 1 unspecified atom stereocenters. The first-order valence-corrected chi connectivity index (χ1v) is 6.87. The molecule has 3 rings (SSSR count). The van der Waals surface area contributed by atoms with Gasteiger partial charge in [-0.3, -0.25) is 0 Å². The number of nitrogens with two attached hydrogens (primary N) is 1. The molecule has 1 atom stereocenters. The lowest BCUT2D eigenvalue weighted by molar-refractivity contribution is 0.575. The molecule has 0 spiro atoms. The molecule has 0 aliphatic carbocycles. The maximum absolute atomic E-state index is 6.00. The van der Waals surface area contributed by atoms with Gasteiger partial charge in [-0.05, 0) is 13.0 Å². The van der Waals surface area contributed by atoms with Gasteiger partial charge in [-0.2, -0.15) is 0 Å². The Hall–Kier alpha value is -1.91. The van der Waals surface area contributed by atoms with Crippen molar-refractivity contribution in [3.05, 3.63) is 47.6 Å². The van der Waals surface area contributed by atoms with E-state index in [0.29, 0.717) is 11.6 Å². The lowest BCUT2D eigenvalue weighted by atomic mass is 10.2. The van der Waals surface area contributed by atoms with Crippen LogP contribution in [0.15, 0.2) is 42.6 Å². The lowest BCUT2D eigenvalue weighted by Crippen LogP contribution is -2.17. The zero-order valence-electron chi connectivity index (χ0n) is 11.1. The van der Waals surface area contributed by atoms with Crippen LogP contribution >= 0.6 is 11.6 Å². The molecule has 0 amide bonds. The summed E-state index contributed by atoms with van der Waals surface area (Å²) in [7, 11) is 0. The number of rotatable bonds is 3. The van der Waals surface area contributed by atoms with Gasteiger partial charge < -0.3 is 10.3 Å². The molecule has 3 aromatic rings. The predicted octanol–water partition coefficient (Wildman–Crippen LogP) is 3.27. The molecule has 0 aliphatic heterocycles.